The molecule has 0 radical (unpaired) electrons. The molecule has 6 nitrogen and oxygen atoms in total. The minimum Gasteiger partial charge on any atom is -0.481 e. The molecule has 0 saturated heterocycles. The molecule has 0 aliphatic heterocycles. The molecule has 1 aliphatic rings. The number of hydrogen-bond donors (Lipinski definition) is 3. The summed E-state index contributed by atoms with van der Waals surface area (Å²) < 4.78 is 0. The number of carboxylic acids is 2. The summed E-state index contributed by atoms with van der Waals surface area (Å²) in [4.78, 5) is 33.6. The lowest BCUT2D eigenvalue weighted by Gasteiger charge is -2.13. The molecule has 0 bridgehead atoms. The van der Waals surface area contributed by atoms with Crippen LogP contribution in [0.4, 0.5) is 11.4 Å². The van der Waals surface area contributed by atoms with E-state index in [2.05, 4.69) is 5.32 Å². The van der Waals surface area contributed by atoms with Gasteiger partial charge in [-0.25, -0.2) is 4.79 Å². The minimum atomic E-state index is -0.927. The number of hydrogen-bond acceptors (Lipinski definition) is 4. The first-order valence-electron chi connectivity index (χ1n) is 12.2. The van der Waals surface area contributed by atoms with E-state index in [4.69, 9.17) is 10.2 Å². The summed E-state index contributed by atoms with van der Waals surface area (Å²) in [7, 11) is 0. The highest BCUT2D eigenvalue weighted by molar-refractivity contribution is 5.95. The van der Waals surface area contributed by atoms with Gasteiger partial charge in [0.1, 0.15) is 5.78 Å². The SMILES string of the molecule is CC(C(=O)O)c1ccc(CC2CCCC2=O)cc1.Cc1cccc(Nc2ccccc2C(=O)O)c1C. The second-order valence-corrected chi connectivity index (χ2v) is 9.28. The van der Waals surface area contributed by atoms with Crippen LogP contribution in [-0.2, 0) is 16.0 Å². The van der Waals surface area contributed by atoms with E-state index in [-0.39, 0.29) is 11.5 Å². The zero-order valence-electron chi connectivity index (χ0n) is 21.0. The number of carbonyl (C=O) groups is 3. The van der Waals surface area contributed by atoms with Gasteiger partial charge in [0.15, 0.2) is 0 Å². The Kier molecular flexibility index (Phi) is 9.01. The highest BCUT2D eigenvalue weighted by Gasteiger charge is 2.24. The highest BCUT2D eigenvalue weighted by atomic mass is 16.4. The average molecular weight is 488 g/mol. The van der Waals surface area contributed by atoms with Gasteiger partial charge in [-0.1, -0.05) is 48.5 Å². The van der Waals surface area contributed by atoms with Gasteiger partial charge in [0.05, 0.1) is 17.2 Å². The van der Waals surface area contributed by atoms with Crippen LogP contribution in [0.2, 0.25) is 0 Å². The largest absolute Gasteiger partial charge is 0.481 e. The van der Waals surface area contributed by atoms with Crippen molar-refractivity contribution in [2.45, 2.75) is 52.4 Å². The summed E-state index contributed by atoms with van der Waals surface area (Å²) in [6.45, 7) is 5.72. The van der Waals surface area contributed by atoms with E-state index >= 15 is 0 Å². The van der Waals surface area contributed by atoms with Crippen LogP contribution in [0.3, 0.4) is 0 Å². The van der Waals surface area contributed by atoms with Gasteiger partial charge < -0.3 is 15.5 Å². The van der Waals surface area contributed by atoms with E-state index in [1.54, 1.807) is 25.1 Å². The third-order valence-electron chi connectivity index (χ3n) is 6.79. The van der Waals surface area contributed by atoms with Gasteiger partial charge in [-0.05, 0) is 80.5 Å². The van der Waals surface area contributed by atoms with Crippen LogP contribution in [0.25, 0.3) is 0 Å². The number of nitrogens with one attached hydrogen (secondary N) is 1. The summed E-state index contributed by atoms with van der Waals surface area (Å²) in [5.41, 5.74) is 6.05. The number of carbonyl (C=O) groups excluding carboxylic acids is 1. The summed E-state index contributed by atoms with van der Waals surface area (Å²) in [6.07, 6.45) is 3.52. The van der Waals surface area contributed by atoms with E-state index in [0.717, 1.165) is 48.1 Å². The number of benzene rings is 3. The van der Waals surface area contributed by atoms with E-state index in [1.165, 1.54) is 5.56 Å². The molecular weight excluding hydrogens is 454 g/mol. The number of Topliss-reactive ketones (excluding diaryl/α,β-unsaturated/α-hetero) is 1. The zero-order valence-corrected chi connectivity index (χ0v) is 21.0. The van der Waals surface area contributed by atoms with Gasteiger partial charge in [-0.3, -0.25) is 9.59 Å². The number of para-hydroxylation sites is 1. The van der Waals surface area contributed by atoms with Gasteiger partial charge in [-0.2, -0.15) is 0 Å². The first kappa shape index (κ1) is 26.7. The third-order valence-corrected chi connectivity index (χ3v) is 6.79. The molecule has 0 spiro atoms. The van der Waals surface area contributed by atoms with Crippen molar-refractivity contribution in [3.8, 4) is 0 Å². The molecule has 1 saturated carbocycles. The summed E-state index contributed by atoms with van der Waals surface area (Å²) in [5.74, 6) is -1.67. The van der Waals surface area contributed by atoms with Gasteiger partial charge >= 0.3 is 11.9 Å². The van der Waals surface area contributed by atoms with Crippen molar-refractivity contribution in [3.05, 3.63) is 94.5 Å². The fraction of sp³-hybridized carbons (Fsp3) is 0.300. The smallest absolute Gasteiger partial charge is 0.337 e. The van der Waals surface area contributed by atoms with E-state index in [9.17, 15) is 14.4 Å². The van der Waals surface area contributed by atoms with Crippen molar-refractivity contribution in [2.75, 3.05) is 5.32 Å². The molecule has 2 unspecified atom stereocenters. The summed E-state index contributed by atoms with van der Waals surface area (Å²) in [5, 5.41) is 21.2. The molecule has 3 N–H and O–H groups in total. The van der Waals surface area contributed by atoms with Crippen LogP contribution in [-0.4, -0.2) is 27.9 Å². The topological polar surface area (TPSA) is 104 Å². The Morgan fingerprint density at radius 1 is 0.944 bits per heavy atom. The molecule has 1 fully saturated rings. The number of aryl methyl sites for hydroxylation is 1. The van der Waals surface area contributed by atoms with Crippen LogP contribution in [0, 0.1) is 19.8 Å². The molecule has 0 amide bonds. The van der Waals surface area contributed by atoms with Gasteiger partial charge in [0.25, 0.3) is 0 Å². The molecule has 4 rings (SSSR count). The fourth-order valence-corrected chi connectivity index (χ4v) is 4.28. The Labute approximate surface area is 212 Å². The van der Waals surface area contributed by atoms with Crippen molar-refractivity contribution in [2.24, 2.45) is 5.92 Å². The van der Waals surface area contributed by atoms with Crippen LogP contribution in [0.5, 0.6) is 0 Å². The summed E-state index contributed by atoms with van der Waals surface area (Å²) >= 11 is 0. The normalized spacial score (nSPS) is 15.5. The predicted octanol–water partition coefficient (Wildman–Crippen LogP) is 6.53. The molecule has 0 heterocycles. The molecule has 188 valence electrons. The monoisotopic (exact) mass is 487 g/mol. The zero-order chi connectivity index (χ0) is 26.2. The maximum absolute atomic E-state index is 11.6. The van der Waals surface area contributed by atoms with E-state index in [1.807, 2.05) is 62.4 Å². The average Bonchev–Trinajstić information content (AvgIpc) is 3.26. The van der Waals surface area contributed by atoms with E-state index < -0.39 is 17.9 Å². The van der Waals surface area contributed by atoms with Gasteiger partial charge in [-0.15, -0.1) is 0 Å². The molecular formula is C30H33NO5. The van der Waals surface area contributed by atoms with E-state index in [0.29, 0.717) is 11.5 Å². The molecule has 1 aliphatic carbocycles. The second-order valence-electron chi connectivity index (χ2n) is 9.28. The van der Waals surface area contributed by atoms with Crippen molar-refractivity contribution in [3.63, 3.8) is 0 Å². The number of ketones is 1. The Morgan fingerprint density at radius 2 is 1.61 bits per heavy atom. The number of carboxylic acid groups (broad SMARTS) is 2. The maximum atomic E-state index is 11.6. The van der Waals surface area contributed by atoms with Crippen molar-refractivity contribution in [1.82, 2.24) is 0 Å². The maximum Gasteiger partial charge on any atom is 0.337 e. The van der Waals surface area contributed by atoms with Crippen LogP contribution in [0.1, 0.15) is 64.7 Å². The molecule has 6 heteroatoms. The first-order valence-corrected chi connectivity index (χ1v) is 12.2. The Hall–Kier alpha value is -3.93. The van der Waals surface area contributed by atoms with Gasteiger partial charge in [0, 0.05) is 18.0 Å². The Bertz CT molecular complexity index is 1230. The van der Waals surface area contributed by atoms with Crippen LogP contribution in [0.15, 0.2) is 66.7 Å². The standard InChI is InChI=1S/C15H15NO2.C15H18O3/c1-10-6-5-9-13(11(10)2)16-14-8-4-3-7-12(14)15(17)18;1-10(15(17)18)12-7-5-11(6-8-12)9-13-3-2-4-14(13)16/h3-9,16H,1-2H3,(H,17,18);5-8,10,13H,2-4,9H2,1H3,(H,17,18). The van der Waals surface area contributed by atoms with Crippen molar-refractivity contribution < 1.29 is 24.6 Å². The lowest BCUT2D eigenvalue weighted by molar-refractivity contribution is -0.138. The number of rotatable bonds is 7. The second kappa shape index (κ2) is 12.2. The third kappa shape index (κ3) is 6.81. The molecule has 3 aromatic carbocycles. The lowest BCUT2D eigenvalue weighted by atomic mass is 9.94. The van der Waals surface area contributed by atoms with Crippen LogP contribution < -0.4 is 5.32 Å². The van der Waals surface area contributed by atoms with Crippen LogP contribution >= 0.6 is 0 Å². The van der Waals surface area contributed by atoms with Gasteiger partial charge in [0.2, 0.25) is 0 Å². The predicted molar refractivity (Wildman–Crippen MR) is 141 cm³/mol. The number of aliphatic carboxylic acids is 1. The van der Waals surface area contributed by atoms with Crippen molar-refractivity contribution in [1.29, 1.82) is 0 Å². The lowest BCUT2D eigenvalue weighted by Crippen LogP contribution is -2.10. The van der Waals surface area contributed by atoms with Crippen molar-refractivity contribution >= 4 is 29.1 Å². The Morgan fingerprint density at radius 3 is 2.22 bits per heavy atom. The summed E-state index contributed by atoms with van der Waals surface area (Å²) in [6, 6.07) is 20.4. The quantitative estimate of drug-likeness (QED) is 0.350. The highest BCUT2D eigenvalue weighted by Crippen LogP contribution is 2.26. The Balaban J connectivity index is 0.000000201. The molecule has 3 aromatic rings. The molecule has 0 aromatic heterocycles. The molecule has 36 heavy (non-hydrogen) atoms. The fourth-order valence-electron chi connectivity index (χ4n) is 4.28. The number of aromatic carboxylic acids is 1. The first-order chi connectivity index (χ1) is 17.2. The minimum absolute atomic E-state index is 0.174. The molecule has 2 atom stereocenters. The number of anilines is 2.